The van der Waals surface area contributed by atoms with E-state index in [4.69, 9.17) is 9.84 Å². The minimum Gasteiger partial charge on any atom is -0.394 e. The summed E-state index contributed by atoms with van der Waals surface area (Å²) >= 11 is 0. The van der Waals surface area contributed by atoms with E-state index >= 15 is 0 Å². The predicted molar refractivity (Wildman–Crippen MR) is 58.5 cm³/mol. The average Bonchev–Trinajstić information content (AvgIpc) is 2.61. The van der Waals surface area contributed by atoms with E-state index in [2.05, 4.69) is 6.92 Å². The van der Waals surface area contributed by atoms with Gasteiger partial charge in [0.25, 0.3) is 0 Å². The largest absolute Gasteiger partial charge is 0.394 e. The maximum absolute atomic E-state index is 8.83. The van der Waals surface area contributed by atoms with Crippen LogP contribution in [0.1, 0.15) is 39.0 Å². The van der Waals surface area contributed by atoms with Crippen LogP contribution in [0.4, 0.5) is 0 Å². The second kappa shape index (κ2) is 3.46. The summed E-state index contributed by atoms with van der Waals surface area (Å²) in [7, 11) is 0. The molecule has 3 atom stereocenters. The van der Waals surface area contributed by atoms with E-state index in [0.717, 1.165) is 17.8 Å². The Morgan fingerprint density at radius 2 is 1.93 bits per heavy atom. The molecule has 0 spiro atoms. The Hall–Kier alpha value is -0.0800. The van der Waals surface area contributed by atoms with Crippen molar-refractivity contribution < 1.29 is 9.84 Å². The second-order valence-electron chi connectivity index (χ2n) is 6.01. The summed E-state index contributed by atoms with van der Waals surface area (Å²) in [5.41, 5.74) is 0.503. The van der Waals surface area contributed by atoms with Crippen molar-refractivity contribution in [3.63, 3.8) is 0 Å². The zero-order valence-corrected chi connectivity index (χ0v) is 9.61. The zero-order valence-electron chi connectivity index (χ0n) is 9.61. The molecule has 0 aliphatic heterocycles. The van der Waals surface area contributed by atoms with Crippen LogP contribution in [-0.4, -0.2) is 24.4 Å². The minimum atomic E-state index is 0.165. The molecular weight excluding hydrogens is 188 g/mol. The number of aliphatic hydroxyl groups is 1. The first-order valence-corrected chi connectivity index (χ1v) is 6.47. The molecule has 3 unspecified atom stereocenters. The summed E-state index contributed by atoms with van der Waals surface area (Å²) in [5, 5.41) is 8.83. The van der Waals surface area contributed by atoms with E-state index in [9.17, 15) is 0 Å². The Labute approximate surface area is 92.0 Å². The molecule has 4 aliphatic rings. The first kappa shape index (κ1) is 10.1. The molecule has 0 aromatic heterocycles. The third-order valence-corrected chi connectivity index (χ3v) is 5.32. The fourth-order valence-corrected chi connectivity index (χ4v) is 4.92. The summed E-state index contributed by atoms with van der Waals surface area (Å²) < 4.78 is 5.80. The van der Waals surface area contributed by atoms with Crippen LogP contribution in [0.2, 0.25) is 0 Å². The molecule has 4 fully saturated rings. The summed E-state index contributed by atoms with van der Waals surface area (Å²) in [6.07, 6.45) is 7.59. The Balaban J connectivity index is 1.74. The van der Waals surface area contributed by atoms with Crippen LogP contribution >= 0.6 is 0 Å². The molecule has 15 heavy (non-hydrogen) atoms. The van der Waals surface area contributed by atoms with Crippen molar-refractivity contribution in [2.24, 2.45) is 23.2 Å². The molecule has 0 aromatic rings. The van der Waals surface area contributed by atoms with Crippen molar-refractivity contribution >= 4 is 0 Å². The SMILES string of the molecule is CC(OCCO)C12CC3CC(CC1C3)C2. The third kappa shape index (κ3) is 1.38. The van der Waals surface area contributed by atoms with Crippen molar-refractivity contribution in [1.82, 2.24) is 0 Å². The minimum absolute atomic E-state index is 0.165. The van der Waals surface area contributed by atoms with Gasteiger partial charge in [0.05, 0.1) is 19.3 Å². The highest BCUT2D eigenvalue weighted by molar-refractivity contribution is 5.09. The lowest BCUT2D eigenvalue weighted by atomic mass is 9.72. The first-order chi connectivity index (χ1) is 7.24. The highest BCUT2D eigenvalue weighted by Crippen LogP contribution is 2.67. The molecule has 4 bridgehead atoms. The van der Waals surface area contributed by atoms with Crippen LogP contribution in [0, 0.1) is 23.2 Å². The maximum atomic E-state index is 8.83. The van der Waals surface area contributed by atoms with E-state index in [-0.39, 0.29) is 6.61 Å². The zero-order chi connectivity index (χ0) is 10.5. The number of rotatable bonds is 4. The van der Waals surface area contributed by atoms with Crippen LogP contribution in [0.3, 0.4) is 0 Å². The molecule has 0 heterocycles. The van der Waals surface area contributed by atoms with Gasteiger partial charge in [0.2, 0.25) is 0 Å². The predicted octanol–water partition coefficient (Wildman–Crippen LogP) is 2.21. The van der Waals surface area contributed by atoms with E-state index in [1.54, 1.807) is 0 Å². The Bertz CT molecular complexity index is 237. The summed E-state index contributed by atoms with van der Waals surface area (Å²) in [6, 6.07) is 0. The van der Waals surface area contributed by atoms with Crippen molar-refractivity contribution in [2.45, 2.75) is 45.1 Å². The number of ether oxygens (including phenoxy) is 1. The standard InChI is InChI=1S/C13H22O2/c1-9(15-3-2-14)13-7-10-4-11(8-13)6-12(13)5-10/h9-12,14H,2-8H2,1H3. The number of aliphatic hydroxyl groups excluding tert-OH is 1. The van der Waals surface area contributed by atoms with Crippen molar-refractivity contribution in [2.75, 3.05) is 13.2 Å². The number of hydrogen-bond donors (Lipinski definition) is 1. The Morgan fingerprint density at radius 1 is 1.27 bits per heavy atom. The normalized spacial score (nSPS) is 48.8. The lowest BCUT2D eigenvalue weighted by molar-refractivity contribution is -0.0561. The molecule has 1 N–H and O–H groups in total. The van der Waals surface area contributed by atoms with Crippen LogP contribution in [0.15, 0.2) is 0 Å². The molecule has 0 radical (unpaired) electrons. The lowest BCUT2D eigenvalue weighted by Gasteiger charge is -2.38. The highest BCUT2D eigenvalue weighted by atomic mass is 16.5. The first-order valence-electron chi connectivity index (χ1n) is 6.47. The van der Waals surface area contributed by atoms with Gasteiger partial charge in [0.1, 0.15) is 0 Å². The fraction of sp³-hybridized carbons (Fsp3) is 1.00. The molecule has 2 heteroatoms. The van der Waals surface area contributed by atoms with Crippen molar-refractivity contribution in [3.05, 3.63) is 0 Å². The smallest absolute Gasteiger partial charge is 0.0701 e. The van der Waals surface area contributed by atoms with Gasteiger partial charge in [-0.2, -0.15) is 0 Å². The molecule has 0 saturated heterocycles. The van der Waals surface area contributed by atoms with Gasteiger partial charge in [0.15, 0.2) is 0 Å². The van der Waals surface area contributed by atoms with Crippen LogP contribution in [-0.2, 0) is 4.74 Å². The highest BCUT2D eigenvalue weighted by Gasteiger charge is 2.60. The lowest BCUT2D eigenvalue weighted by Crippen LogP contribution is -2.37. The fourth-order valence-electron chi connectivity index (χ4n) is 4.92. The topological polar surface area (TPSA) is 29.5 Å². The van der Waals surface area contributed by atoms with Crippen molar-refractivity contribution in [1.29, 1.82) is 0 Å². The van der Waals surface area contributed by atoms with Crippen LogP contribution in [0.5, 0.6) is 0 Å². The van der Waals surface area contributed by atoms with E-state index < -0.39 is 0 Å². The third-order valence-electron chi connectivity index (χ3n) is 5.32. The quantitative estimate of drug-likeness (QED) is 0.771. The molecule has 2 nitrogen and oxygen atoms in total. The van der Waals surface area contributed by atoms with Gasteiger partial charge >= 0.3 is 0 Å². The molecule has 4 rings (SSSR count). The van der Waals surface area contributed by atoms with E-state index in [1.165, 1.54) is 32.1 Å². The second-order valence-corrected chi connectivity index (χ2v) is 6.01. The Morgan fingerprint density at radius 3 is 2.53 bits per heavy atom. The van der Waals surface area contributed by atoms with Gasteiger partial charge in [-0.15, -0.1) is 0 Å². The monoisotopic (exact) mass is 210 g/mol. The molecule has 4 saturated carbocycles. The van der Waals surface area contributed by atoms with Crippen LogP contribution in [0.25, 0.3) is 0 Å². The molecular formula is C13H22O2. The van der Waals surface area contributed by atoms with Gasteiger partial charge < -0.3 is 9.84 Å². The summed E-state index contributed by atoms with van der Waals surface area (Å²) in [5.74, 6) is 2.94. The van der Waals surface area contributed by atoms with E-state index in [1.807, 2.05) is 0 Å². The van der Waals surface area contributed by atoms with Gasteiger partial charge in [-0.3, -0.25) is 0 Å². The van der Waals surface area contributed by atoms with Gasteiger partial charge in [0, 0.05) is 0 Å². The van der Waals surface area contributed by atoms with Crippen molar-refractivity contribution in [3.8, 4) is 0 Å². The molecule has 0 amide bonds. The van der Waals surface area contributed by atoms with Gasteiger partial charge in [-0.1, -0.05) is 0 Å². The maximum Gasteiger partial charge on any atom is 0.0701 e. The molecule has 0 aromatic carbocycles. The van der Waals surface area contributed by atoms with Crippen LogP contribution < -0.4 is 0 Å². The Kier molecular flexibility index (Phi) is 2.33. The summed E-state index contributed by atoms with van der Waals surface area (Å²) in [4.78, 5) is 0. The summed E-state index contributed by atoms with van der Waals surface area (Å²) in [6.45, 7) is 2.92. The molecule has 4 aliphatic carbocycles. The van der Waals surface area contributed by atoms with Gasteiger partial charge in [-0.05, 0) is 62.2 Å². The average molecular weight is 210 g/mol. The van der Waals surface area contributed by atoms with E-state index in [0.29, 0.717) is 18.1 Å². The van der Waals surface area contributed by atoms with Gasteiger partial charge in [-0.25, -0.2) is 0 Å². The number of hydrogen-bond acceptors (Lipinski definition) is 2. The molecule has 86 valence electrons.